The number of halogens is 2. The smallest absolute Gasteiger partial charge is 0.224 e. The van der Waals surface area contributed by atoms with Gasteiger partial charge in [0.25, 0.3) is 0 Å². The number of hydrogen-bond donors (Lipinski definition) is 2. The van der Waals surface area contributed by atoms with Gasteiger partial charge in [0, 0.05) is 12.6 Å². The Bertz CT molecular complexity index is 659. The van der Waals surface area contributed by atoms with Crippen LogP contribution in [0, 0.1) is 5.82 Å². The maximum Gasteiger partial charge on any atom is 0.224 e. The summed E-state index contributed by atoms with van der Waals surface area (Å²) < 4.78 is 13.1. The van der Waals surface area contributed by atoms with E-state index in [0.717, 1.165) is 5.56 Å². The van der Waals surface area contributed by atoms with Gasteiger partial charge in [-0.25, -0.2) is 4.39 Å². The molecule has 1 atom stereocenters. The molecule has 24 heavy (non-hydrogen) atoms. The highest BCUT2D eigenvalue weighted by atomic mass is 35.5. The van der Waals surface area contributed by atoms with Crippen LogP contribution in [0.1, 0.15) is 42.5 Å². The Morgan fingerprint density at radius 3 is 2.33 bits per heavy atom. The molecule has 5 heteroatoms. The molecule has 0 saturated heterocycles. The van der Waals surface area contributed by atoms with E-state index in [1.54, 1.807) is 12.1 Å². The zero-order valence-electron chi connectivity index (χ0n) is 14.0. The maximum absolute atomic E-state index is 13.1. The number of nitrogens with two attached hydrogens (primary N) is 1. The summed E-state index contributed by atoms with van der Waals surface area (Å²) in [5.74, 6) is -0.0201. The van der Waals surface area contributed by atoms with Gasteiger partial charge >= 0.3 is 0 Å². The van der Waals surface area contributed by atoms with E-state index in [-0.39, 0.29) is 36.6 Å². The van der Waals surface area contributed by atoms with Crippen LogP contribution >= 0.6 is 12.4 Å². The largest absolute Gasteiger partial charge is 0.354 e. The van der Waals surface area contributed by atoms with E-state index in [4.69, 9.17) is 5.73 Å². The lowest BCUT2D eigenvalue weighted by Gasteiger charge is -2.14. The molecule has 0 radical (unpaired) electrons. The summed E-state index contributed by atoms with van der Waals surface area (Å²) in [6.45, 7) is 4.64. The molecule has 0 heterocycles. The zero-order valence-corrected chi connectivity index (χ0v) is 14.8. The summed E-state index contributed by atoms with van der Waals surface area (Å²) in [4.78, 5) is 11.9. The second-order valence-corrected chi connectivity index (χ2v) is 6.04. The summed E-state index contributed by atoms with van der Waals surface area (Å²) in [6.07, 6.45) is 0.150. The molecule has 0 fully saturated rings. The summed E-state index contributed by atoms with van der Waals surface area (Å²) in [5, 5.41) is 2.80. The highest BCUT2D eigenvalue weighted by Gasteiger charge is 2.10. The van der Waals surface area contributed by atoms with Crippen LogP contribution in [-0.2, 0) is 11.2 Å². The summed E-state index contributed by atoms with van der Waals surface area (Å²) in [7, 11) is 0. The second-order valence-electron chi connectivity index (χ2n) is 6.04. The van der Waals surface area contributed by atoms with Gasteiger partial charge in [-0.1, -0.05) is 50.2 Å². The molecule has 0 spiro atoms. The van der Waals surface area contributed by atoms with Crippen LogP contribution in [0.4, 0.5) is 4.39 Å². The first-order valence-electron chi connectivity index (χ1n) is 7.82. The highest BCUT2D eigenvalue weighted by Crippen LogP contribution is 2.17. The van der Waals surface area contributed by atoms with Crippen LogP contribution in [0.3, 0.4) is 0 Å². The number of benzene rings is 2. The molecular formula is C19H24ClFN2O. The number of amides is 1. The molecule has 1 unspecified atom stereocenters. The molecule has 3 nitrogen and oxygen atoms in total. The Hall–Kier alpha value is -1.91. The van der Waals surface area contributed by atoms with Gasteiger partial charge in [0.1, 0.15) is 5.82 Å². The molecule has 0 aliphatic heterocycles. The van der Waals surface area contributed by atoms with Gasteiger partial charge in [-0.15, -0.1) is 12.4 Å². The molecule has 1 amide bonds. The molecule has 2 rings (SSSR count). The normalized spacial score (nSPS) is 11.7. The SMILES string of the molecule is CC(C)c1ccc(C(N)CNC(=O)Cc2cccc(F)c2)cc1.Cl. The maximum atomic E-state index is 13.1. The van der Waals surface area contributed by atoms with Crippen LogP contribution in [-0.4, -0.2) is 12.5 Å². The van der Waals surface area contributed by atoms with Gasteiger partial charge < -0.3 is 11.1 Å². The fraction of sp³-hybridized carbons (Fsp3) is 0.316. The minimum absolute atomic E-state index is 0. The van der Waals surface area contributed by atoms with Gasteiger partial charge in [-0.05, 0) is 34.7 Å². The van der Waals surface area contributed by atoms with Crippen molar-refractivity contribution in [1.82, 2.24) is 5.32 Å². The lowest BCUT2D eigenvalue weighted by atomic mass is 9.99. The molecule has 3 N–H and O–H groups in total. The Labute approximate surface area is 148 Å². The van der Waals surface area contributed by atoms with Gasteiger partial charge in [-0.2, -0.15) is 0 Å². The monoisotopic (exact) mass is 350 g/mol. The second kappa shape index (κ2) is 9.40. The molecule has 0 bridgehead atoms. The quantitative estimate of drug-likeness (QED) is 0.834. The number of rotatable bonds is 6. The fourth-order valence-corrected chi connectivity index (χ4v) is 2.36. The van der Waals surface area contributed by atoms with Crippen molar-refractivity contribution < 1.29 is 9.18 Å². The van der Waals surface area contributed by atoms with Crippen LogP contribution < -0.4 is 11.1 Å². The first kappa shape index (κ1) is 20.1. The summed E-state index contributed by atoms with van der Waals surface area (Å²) in [6, 6.07) is 13.9. The van der Waals surface area contributed by atoms with E-state index in [9.17, 15) is 9.18 Å². The molecular weight excluding hydrogens is 327 g/mol. The van der Waals surface area contributed by atoms with Crippen molar-refractivity contribution in [2.75, 3.05) is 6.54 Å². The van der Waals surface area contributed by atoms with Crippen molar-refractivity contribution in [3.8, 4) is 0 Å². The average molecular weight is 351 g/mol. The van der Waals surface area contributed by atoms with E-state index in [0.29, 0.717) is 18.0 Å². The minimum Gasteiger partial charge on any atom is -0.354 e. The summed E-state index contributed by atoms with van der Waals surface area (Å²) >= 11 is 0. The fourth-order valence-electron chi connectivity index (χ4n) is 2.36. The van der Waals surface area contributed by atoms with Gasteiger partial charge in [0.2, 0.25) is 5.91 Å². The zero-order chi connectivity index (χ0) is 16.8. The Balaban J connectivity index is 0.00000288. The minimum atomic E-state index is -0.336. The molecule has 2 aromatic carbocycles. The first-order valence-corrected chi connectivity index (χ1v) is 7.82. The average Bonchev–Trinajstić information content (AvgIpc) is 2.52. The Morgan fingerprint density at radius 1 is 1.12 bits per heavy atom. The molecule has 2 aromatic rings. The van der Waals surface area contributed by atoms with E-state index in [1.807, 2.05) is 12.1 Å². The molecule has 0 saturated carbocycles. The standard InChI is InChI=1S/C19H23FN2O.ClH/c1-13(2)15-6-8-16(9-7-15)18(21)12-22-19(23)11-14-4-3-5-17(20)10-14;/h3-10,13,18H,11-12,21H2,1-2H3,(H,22,23);1H. The third kappa shape index (κ3) is 5.95. The predicted molar refractivity (Wildman–Crippen MR) is 97.8 cm³/mol. The van der Waals surface area contributed by atoms with Crippen molar-refractivity contribution in [3.05, 3.63) is 71.0 Å². The summed E-state index contributed by atoms with van der Waals surface area (Å²) in [5.41, 5.74) is 9.01. The van der Waals surface area contributed by atoms with Crippen molar-refractivity contribution in [2.45, 2.75) is 32.2 Å². The van der Waals surface area contributed by atoms with Crippen molar-refractivity contribution >= 4 is 18.3 Å². The van der Waals surface area contributed by atoms with E-state index in [1.165, 1.54) is 17.7 Å². The number of hydrogen-bond acceptors (Lipinski definition) is 2. The first-order chi connectivity index (χ1) is 11.0. The van der Waals surface area contributed by atoms with Crippen molar-refractivity contribution in [3.63, 3.8) is 0 Å². The van der Waals surface area contributed by atoms with Crippen LogP contribution in [0.5, 0.6) is 0 Å². The van der Waals surface area contributed by atoms with Gasteiger partial charge in [0.05, 0.1) is 6.42 Å². The van der Waals surface area contributed by atoms with Crippen molar-refractivity contribution in [2.24, 2.45) is 5.73 Å². The number of nitrogens with one attached hydrogen (secondary N) is 1. The predicted octanol–water partition coefficient (Wildman–Crippen LogP) is 3.73. The lowest BCUT2D eigenvalue weighted by molar-refractivity contribution is -0.120. The van der Waals surface area contributed by atoms with Crippen LogP contribution in [0.15, 0.2) is 48.5 Å². The van der Waals surface area contributed by atoms with Gasteiger partial charge in [-0.3, -0.25) is 4.79 Å². The highest BCUT2D eigenvalue weighted by molar-refractivity contribution is 5.85. The number of carbonyl (C=O) groups is 1. The van der Waals surface area contributed by atoms with E-state index in [2.05, 4.69) is 31.3 Å². The van der Waals surface area contributed by atoms with E-state index < -0.39 is 0 Å². The molecule has 130 valence electrons. The van der Waals surface area contributed by atoms with E-state index >= 15 is 0 Å². The number of carbonyl (C=O) groups excluding carboxylic acids is 1. The lowest BCUT2D eigenvalue weighted by Crippen LogP contribution is -2.32. The Morgan fingerprint density at radius 2 is 1.75 bits per heavy atom. The third-order valence-corrected chi connectivity index (χ3v) is 3.80. The molecule has 0 aliphatic carbocycles. The topological polar surface area (TPSA) is 55.1 Å². The van der Waals surface area contributed by atoms with Crippen LogP contribution in [0.2, 0.25) is 0 Å². The van der Waals surface area contributed by atoms with Crippen molar-refractivity contribution in [1.29, 1.82) is 0 Å². The Kier molecular flexibility index (Phi) is 7.89. The van der Waals surface area contributed by atoms with Gasteiger partial charge in [0.15, 0.2) is 0 Å². The molecule has 0 aliphatic rings. The van der Waals surface area contributed by atoms with Crippen LogP contribution in [0.25, 0.3) is 0 Å². The molecule has 0 aromatic heterocycles. The third-order valence-electron chi connectivity index (χ3n) is 3.80.